The molecule has 24 heavy (non-hydrogen) atoms. The lowest BCUT2D eigenvalue weighted by atomic mass is 9.92. The summed E-state index contributed by atoms with van der Waals surface area (Å²) in [4.78, 5) is 32.3. The average Bonchev–Trinajstić information content (AvgIpc) is 2.48. The van der Waals surface area contributed by atoms with Crippen molar-refractivity contribution in [1.29, 1.82) is 0 Å². The molecule has 0 aliphatic carbocycles. The third-order valence-corrected chi connectivity index (χ3v) is 4.22. The third-order valence-electron chi connectivity index (χ3n) is 4.22. The highest BCUT2D eigenvalue weighted by atomic mass is 16.2. The Balaban J connectivity index is 1.79. The normalized spacial score (nSPS) is 21.0. The lowest BCUT2D eigenvalue weighted by Gasteiger charge is -2.35. The van der Waals surface area contributed by atoms with Crippen molar-refractivity contribution in [3.63, 3.8) is 0 Å². The van der Waals surface area contributed by atoms with Crippen LogP contribution in [0.25, 0.3) is 0 Å². The predicted molar refractivity (Wildman–Crippen MR) is 94.6 cm³/mol. The number of hydrogen-bond acceptors (Lipinski definition) is 4. The Hall–Kier alpha value is -1.95. The molecule has 2 heterocycles. The van der Waals surface area contributed by atoms with Gasteiger partial charge in [-0.15, -0.1) is 0 Å². The zero-order valence-corrected chi connectivity index (χ0v) is 15.1. The summed E-state index contributed by atoms with van der Waals surface area (Å²) in [5, 5.41) is 2.75. The van der Waals surface area contributed by atoms with Crippen LogP contribution in [-0.4, -0.2) is 59.8 Å². The number of likely N-dealkylation sites (tertiary alicyclic amines) is 1. The quantitative estimate of drug-likeness (QED) is 0.892. The number of aryl methyl sites for hydroxylation is 1. The Bertz CT molecular complexity index is 563. The molecule has 2 rings (SSSR count). The molecule has 0 radical (unpaired) electrons. The van der Waals surface area contributed by atoms with Gasteiger partial charge in [0.05, 0.1) is 13.1 Å². The van der Waals surface area contributed by atoms with Gasteiger partial charge < -0.3 is 10.2 Å². The van der Waals surface area contributed by atoms with Crippen LogP contribution >= 0.6 is 0 Å². The number of aromatic nitrogens is 1. The zero-order valence-electron chi connectivity index (χ0n) is 15.1. The average molecular weight is 332 g/mol. The van der Waals surface area contributed by atoms with Crippen molar-refractivity contribution in [2.75, 3.05) is 38.5 Å². The van der Waals surface area contributed by atoms with E-state index in [1.54, 1.807) is 24.2 Å². The van der Waals surface area contributed by atoms with Gasteiger partial charge in [-0.05, 0) is 43.9 Å². The van der Waals surface area contributed by atoms with Gasteiger partial charge in [-0.3, -0.25) is 14.5 Å². The molecule has 0 aromatic carbocycles. The molecule has 6 heteroatoms. The first-order valence-electron chi connectivity index (χ1n) is 8.52. The van der Waals surface area contributed by atoms with Crippen molar-refractivity contribution in [1.82, 2.24) is 14.8 Å². The summed E-state index contributed by atoms with van der Waals surface area (Å²) >= 11 is 0. The largest absolute Gasteiger partial charge is 0.341 e. The molecule has 1 aromatic rings. The maximum atomic E-state index is 12.4. The van der Waals surface area contributed by atoms with Crippen molar-refractivity contribution in [2.24, 2.45) is 11.8 Å². The van der Waals surface area contributed by atoms with E-state index >= 15 is 0 Å². The summed E-state index contributed by atoms with van der Waals surface area (Å²) < 4.78 is 0. The molecule has 2 atom stereocenters. The predicted octanol–water partition coefficient (Wildman–Crippen LogP) is 1.76. The second-order valence-corrected chi connectivity index (χ2v) is 7.19. The Kier molecular flexibility index (Phi) is 6.31. The van der Waals surface area contributed by atoms with Crippen LogP contribution in [0.5, 0.6) is 0 Å². The number of hydrogen-bond donors (Lipinski definition) is 1. The molecular weight excluding hydrogens is 304 g/mol. The van der Waals surface area contributed by atoms with E-state index in [0.29, 0.717) is 17.7 Å². The monoisotopic (exact) mass is 332 g/mol. The van der Waals surface area contributed by atoms with Gasteiger partial charge in [-0.2, -0.15) is 0 Å². The van der Waals surface area contributed by atoms with Gasteiger partial charge in [0, 0.05) is 19.3 Å². The molecule has 1 aliphatic rings. The summed E-state index contributed by atoms with van der Waals surface area (Å²) in [6.07, 6.45) is 2.88. The summed E-state index contributed by atoms with van der Waals surface area (Å²) in [6.45, 7) is 8.37. The van der Waals surface area contributed by atoms with Crippen molar-refractivity contribution >= 4 is 17.6 Å². The van der Waals surface area contributed by atoms with E-state index in [1.165, 1.54) is 6.42 Å². The maximum absolute atomic E-state index is 12.4. The van der Waals surface area contributed by atoms with E-state index in [9.17, 15) is 9.59 Å². The molecule has 1 saturated heterocycles. The van der Waals surface area contributed by atoms with Gasteiger partial charge in [-0.25, -0.2) is 4.98 Å². The number of carbonyl (C=O) groups excluding carboxylic acids is 2. The highest BCUT2D eigenvalue weighted by Gasteiger charge is 2.26. The molecule has 6 nitrogen and oxygen atoms in total. The topological polar surface area (TPSA) is 65.5 Å². The van der Waals surface area contributed by atoms with E-state index < -0.39 is 0 Å². The standard InChI is InChI=1S/C18H28N4O2/c1-13-5-6-16(19-8-13)20-17(23)11-21(4)12-18(24)22-9-14(2)7-15(3)10-22/h5-6,8,14-15H,7,9-12H2,1-4H3,(H,19,20,23)/t14-,15-/m1/s1. The first kappa shape index (κ1) is 18.4. The van der Waals surface area contributed by atoms with E-state index in [4.69, 9.17) is 0 Å². The SMILES string of the molecule is Cc1ccc(NC(=O)CN(C)CC(=O)N2C[C@H](C)C[C@@H](C)C2)nc1. The van der Waals surface area contributed by atoms with Gasteiger partial charge in [0.2, 0.25) is 11.8 Å². The number of nitrogens with one attached hydrogen (secondary N) is 1. The molecular formula is C18H28N4O2. The Labute approximate surface area is 144 Å². The van der Waals surface area contributed by atoms with Crippen LogP contribution in [0.4, 0.5) is 5.82 Å². The van der Waals surface area contributed by atoms with Crippen LogP contribution in [0.15, 0.2) is 18.3 Å². The molecule has 1 aromatic heterocycles. The molecule has 2 amide bonds. The molecule has 1 fully saturated rings. The Morgan fingerprint density at radius 3 is 2.50 bits per heavy atom. The molecule has 132 valence electrons. The molecule has 0 unspecified atom stereocenters. The summed E-state index contributed by atoms with van der Waals surface area (Å²) in [6, 6.07) is 3.67. The van der Waals surface area contributed by atoms with E-state index in [2.05, 4.69) is 24.1 Å². The number of nitrogens with zero attached hydrogens (tertiary/aromatic N) is 3. The van der Waals surface area contributed by atoms with Gasteiger partial charge in [0.1, 0.15) is 5.82 Å². The van der Waals surface area contributed by atoms with Crippen LogP contribution in [0.3, 0.4) is 0 Å². The molecule has 0 saturated carbocycles. The van der Waals surface area contributed by atoms with Crippen LogP contribution in [0, 0.1) is 18.8 Å². The number of pyridine rings is 1. The maximum Gasteiger partial charge on any atom is 0.239 e. The lowest BCUT2D eigenvalue weighted by molar-refractivity contribution is -0.135. The fraction of sp³-hybridized carbons (Fsp3) is 0.611. The highest BCUT2D eigenvalue weighted by Crippen LogP contribution is 2.20. The summed E-state index contributed by atoms with van der Waals surface area (Å²) in [7, 11) is 1.79. The molecule has 1 N–H and O–H groups in total. The Morgan fingerprint density at radius 1 is 1.25 bits per heavy atom. The smallest absolute Gasteiger partial charge is 0.239 e. The summed E-state index contributed by atoms with van der Waals surface area (Å²) in [5.41, 5.74) is 1.04. The first-order valence-corrected chi connectivity index (χ1v) is 8.52. The third kappa shape index (κ3) is 5.60. The minimum atomic E-state index is -0.165. The van der Waals surface area contributed by atoms with Crippen molar-refractivity contribution < 1.29 is 9.59 Å². The molecule has 1 aliphatic heterocycles. The number of likely N-dealkylation sites (N-methyl/N-ethyl adjacent to an activating group) is 1. The Morgan fingerprint density at radius 2 is 1.92 bits per heavy atom. The lowest BCUT2D eigenvalue weighted by Crippen LogP contribution is -2.47. The minimum absolute atomic E-state index is 0.0946. The van der Waals surface area contributed by atoms with Crippen molar-refractivity contribution in [3.05, 3.63) is 23.9 Å². The fourth-order valence-electron chi connectivity index (χ4n) is 3.22. The zero-order chi connectivity index (χ0) is 17.7. The van der Waals surface area contributed by atoms with E-state index in [1.807, 2.05) is 17.9 Å². The minimum Gasteiger partial charge on any atom is -0.341 e. The number of amides is 2. The van der Waals surface area contributed by atoms with Crippen molar-refractivity contribution in [2.45, 2.75) is 27.2 Å². The number of anilines is 1. The number of piperidine rings is 1. The van der Waals surface area contributed by atoms with Crippen LogP contribution in [-0.2, 0) is 9.59 Å². The first-order chi connectivity index (χ1) is 11.3. The fourth-order valence-corrected chi connectivity index (χ4v) is 3.22. The van der Waals surface area contributed by atoms with Gasteiger partial charge in [-0.1, -0.05) is 19.9 Å². The van der Waals surface area contributed by atoms with Gasteiger partial charge in [0.15, 0.2) is 0 Å². The van der Waals surface area contributed by atoms with Gasteiger partial charge in [0.25, 0.3) is 0 Å². The van der Waals surface area contributed by atoms with E-state index in [-0.39, 0.29) is 24.9 Å². The molecule has 0 bridgehead atoms. The van der Waals surface area contributed by atoms with Crippen LogP contribution in [0.1, 0.15) is 25.8 Å². The highest BCUT2D eigenvalue weighted by molar-refractivity contribution is 5.91. The van der Waals surface area contributed by atoms with Gasteiger partial charge >= 0.3 is 0 Å². The van der Waals surface area contributed by atoms with Crippen LogP contribution < -0.4 is 5.32 Å². The second kappa shape index (κ2) is 8.24. The number of rotatable bonds is 5. The van der Waals surface area contributed by atoms with E-state index in [0.717, 1.165) is 18.7 Å². The van der Waals surface area contributed by atoms with Crippen molar-refractivity contribution in [3.8, 4) is 0 Å². The number of carbonyl (C=O) groups is 2. The summed E-state index contributed by atoms with van der Waals surface area (Å²) in [5.74, 6) is 1.54. The molecule has 0 spiro atoms. The van der Waals surface area contributed by atoms with Crippen LogP contribution in [0.2, 0.25) is 0 Å². The second-order valence-electron chi connectivity index (χ2n) is 7.19.